The molecule has 8 heteroatoms. The van der Waals surface area contributed by atoms with Crippen LogP contribution >= 0.6 is 0 Å². The lowest BCUT2D eigenvalue weighted by Crippen LogP contribution is -2.39. The molecule has 31 heavy (non-hydrogen) atoms. The van der Waals surface area contributed by atoms with Crippen LogP contribution in [0.2, 0.25) is 0 Å². The van der Waals surface area contributed by atoms with Crippen molar-refractivity contribution in [1.29, 1.82) is 5.26 Å². The van der Waals surface area contributed by atoms with Crippen molar-refractivity contribution < 1.29 is 23.9 Å². The van der Waals surface area contributed by atoms with Crippen molar-refractivity contribution in [2.75, 3.05) is 13.7 Å². The summed E-state index contributed by atoms with van der Waals surface area (Å²) in [4.78, 5) is 37.8. The van der Waals surface area contributed by atoms with E-state index in [0.29, 0.717) is 22.5 Å². The van der Waals surface area contributed by atoms with Crippen molar-refractivity contribution in [3.8, 4) is 6.07 Å². The molecule has 1 amide bonds. The van der Waals surface area contributed by atoms with Crippen molar-refractivity contribution >= 4 is 17.8 Å². The summed E-state index contributed by atoms with van der Waals surface area (Å²) in [6.45, 7) is 8.30. The second kappa shape index (κ2) is 9.47. The molecule has 0 spiro atoms. The minimum absolute atomic E-state index is 0.254. The monoisotopic (exact) mass is 425 g/mol. The Labute approximate surface area is 181 Å². The van der Waals surface area contributed by atoms with Gasteiger partial charge in [-0.1, -0.05) is 12.1 Å². The van der Waals surface area contributed by atoms with Gasteiger partial charge >= 0.3 is 11.9 Å². The number of methoxy groups -OCH3 is 1. The molecular formula is C23H27N3O5. The lowest BCUT2D eigenvalue weighted by atomic mass is 9.79. The summed E-state index contributed by atoms with van der Waals surface area (Å²) < 4.78 is 10.2. The van der Waals surface area contributed by atoms with E-state index in [4.69, 9.17) is 9.47 Å². The first kappa shape index (κ1) is 23.7. The maximum atomic E-state index is 13.1. The van der Waals surface area contributed by atoms with Gasteiger partial charge in [0.2, 0.25) is 5.91 Å². The number of allylic oxidation sites excluding steroid dienone is 2. The zero-order chi connectivity index (χ0) is 23.3. The number of dihydropyridines is 1. The average molecular weight is 425 g/mol. The van der Waals surface area contributed by atoms with Crippen LogP contribution in [-0.4, -0.2) is 37.1 Å². The zero-order valence-corrected chi connectivity index (χ0v) is 18.6. The first-order chi connectivity index (χ1) is 14.5. The van der Waals surface area contributed by atoms with Crippen LogP contribution in [0, 0.1) is 11.3 Å². The summed E-state index contributed by atoms with van der Waals surface area (Å²) in [5, 5.41) is 14.9. The third-order valence-corrected chi connectivity index (χ3v) is 4.57. The Bertz CT molecular complexity index is 1010. The fraction of sp³-hybridized carbons (Fsp3) is 0.391. The van der Waals surface area contributed by atoms with Crippen LogP contribution in [0.15, 0.2) is 46.8 Å². The molecule has 0 bridgehead atoms. The minimum Gasteiger partial charge on any atom is -0.466 e. The van der Waals surface area contributed by atoms with Gasteiger partial charge in [0.15, 0.2) is 0 Å². The highest BCUT2D eigenvalue weighted by molar-refractivity contribution is 6.02. The average Bonchev–Trinajstić information content (AvgIpc) is 2.69. The van der Waals surface area contributed by atoms with Crippen LogP contribution in [0.4, 0.5) is 0 Å². The molecule has 1 aliphatic rings. The fourth-order valence-corrected chi connectivity index (χ4v) is 3.42. The molecule has 0 aliphatic carbocycles. The highest BCUT2D eigenvalue weighted by atomic mass is 16.6. The number of esters is 2. The number of benzene rings is 1. The standard InChI is InChI=1S/C23H27N3O5/c1-13-18(21(28)25-12-17(27)31-23(3,4)5)20(16-9-7-8-15(10-16)11-24)19(14(2)26-13)22(29)30-6/h7-10,20,26H,12H2,1-6H3,(H,25,28)/t20-/m0/s1. The van der Waals surface area contributed by atoms with Gasteiger partial charge in [-0.05, 0) is 52.3 Å². The number of carbonyl (C=O) groups is 3. The van der Waals surface area contributed by atoms with Gasteiger partial charge in [-0.15, -0.1) is 0 Å². The Balaban J connectivity index is 2.46. The summed E-state index contributed by atoms with van der Waals surface area (Å²) >= 11 is 0. The highest BCUT2D eigenvalue weighted by Crippen LogP contribution is 2.38. The van der Waals surface area contributed by atoms with E-state index in [2.05, 4.69) is 16.7 Å². The molecule has 1 heterocycles. The Morgan fingerprint density at radius 2 is 1.81 bits per heavy atom. The van der Waals surface area contributed by atoms with Crippen molar-refractivity contribution in [3.63, 3.8) is 0 Å². The molecule has 0 saturated carbocycles. The van der Waals surface area contributed by atoms with E-state index < -0.39 is 29.4 Å². The van der Waals surface area contributed by atoms with E-state index in [1.165, 1.54) is 7.11 Å². The van der Waals surface area contributed by atoms with Crippen LogP contribution < -0.4 is 10.6 Å². The topological polar surface area (TPSA) is 118 Å². The maximum Gasteiger partial charge on any atom is 0.336 e. The van der Waals surface area contributed by atoms with E-state index in [9.17, 15) is 19.6 Å². The second-order valence-electron chi connectivity index (χ2n) is 8.13. The van der Waals surface area contributed by atoms with E-state index in [1.807, 2.05) is 0 Å². The van der Waals surface area contributed by atoms with Gasteiger partial charge in [0.05, 0.1) is 30.2 Å². The number of amides is 1. The summed E-state index contributed by atoms with van der Waals surface area (Å²) in [6, 6.07) is 8.75. The third-order valence-electron chi connectivity index (χ3n) is 4.57. The number of ether oxygens (including phenoxy) is 2. The second-order valence-corrected chi connectivity index (χ2v) is 8.13. The Morgan fingerprint density at radius 1 is 1.16 bits per heavy atom. The van der Waals surface area contributed by atoms with Gasteiger partial charge in [-0.2, -0.15) is 5.26 Å². The number of hydrogen-bond acceptors (Lipinski definition) is 7. The highest BCUT2D eigenvalue weighted by Gasteiger charge is 2.37. The van der Waals surface area contributed by atoms with Gasteiger partial charge in [0.25, 0.3) is 0 Å². The molecule has 1 aromatic rings. The van der Waals surface area contributed by atoms with Crippen LogP contribution in [0.3, 0.4) is 0 Å². The molecule has 2 rings (SSSR count). The molecule has 2 N–H and O–H groups in total. The summed E-state index contributed by atoms with van der Waals surface area (Å²) in [5.41, 5.74) is 1.88. The Morgan fingerprint density at radius 3 is 2.39 bits per heavy atom. The number of carbonyl (C=O) groups excluding carboxylic acids is 3. The van der Waals surface area contributed by atoms with Gasteiger partial charge < -0.3 is 20.1 Å². The minimum atomic E-state index is -0.777. The predicted octanol–water partition coefficient (Wildman–Crippen LogP) is 2.42. The SMILES string of the molecule is COC(=O)C1=C(C)NC(C)=C(C(=O)NCC(=O)OC(C)(C)C)[C@@H]1c1cccc(C#N)c1. The first-order valence-corrected chi connectivity index (χ1v) is 9.75. The van der Waals surface area contributed by atoms with E-state index in [0.717, 1.165) is 0 Å². The zero-order valence-electron chi connectivity index (χ0n) is 18.6. The molecule has 0 unspecified atom stereocenters. The van der Waals surface area contributed by atoms with Crippen molar-refractivity contribution in [1.82, 2.24) is 10.6 Å². The lowest BCUT2D eigenvalue weighted by Gasteiger charge is -2.31. The number of hydrogen-bond donors (Lipinski definition) is 2. The molecule has 8 nitrogen and oxygen atoms in total. The van der Waals surface area contributed by atoms with Crippen LogP contribution in [0.1, 0.15) is 51.7 Å². The molecular weight excluding hydrogens is 398 g/mol. The largest absolute Gasteiger partial charge is 0.466 e. The van der Waals surface area contributed by atoms with Crippen LogP contribution in [-0.2, 0) is 23.9 Å². The van der Waals surface area contributed by atoms with Crippen LogP contribution in [0.5, 0.6) is 0 Å². The first-order valence-electron chi connectivity index (χ1n) is 9.75. The molecule has 0 aromatic heterocycles. The molecule has 0 saturated heterocycles. The van der Waals surface area contributed by atoms with E-state index >= 15 is 0 Å². The molecule has 0 fully saturated rings. The van der Waals surface area contributed by atoms with Crippen LogP contribution in [0.25, 0.3) is 0 Å². The van der Waals surface area contributed by atoms with Crippen molar-refractivity contribution in [2.45, 2.75) is 46.1 Å². The lowest BCUT2D eigenvalue weighted by molar-refractivity contribution is -0.154. The van der Waals surface area contributed by atoms with E-state index in [-0.39, 0.29) is 17.7 Å². The molecule has 1 aromatic carbocycles. The quantitative estimate of drug-likeness (QED) is 0.696. The Kier molecular flexibility index (Phi) is 7.24. The molecule has 0 radical (unpaired) electrons. The predicted molar refractivity (Wildman–Crippen MR) is 113 cm³/mol. The van der Waals surface area contributed by atoms with E-state index in [1.54, 1.807) is 58.9 Å². The number of nitrogens with one attached hydrogen (secondary N) is 2. The van der Waals surface area contributed by atoms with Gasteiger partial charge in [0, 0.05) is 17.0 Å². The van der Waals surface area contributed by atoms with Gasteiger partial charge in [-0.25, -0.2) is 4.79 Å². The van der Waals surface area contributed by atoms with Gasteiger partial charge in [-0.3, -0.25) is 9.59 Å². The fourth-order valence-electron chi connectivity index (χ4n) is 3.42. The summed E-state index contributed by atoms with van der Waals surface area (Å²) in [7, 11) is 1.26. The van der Waals surface area contributed by atoms with Crippen molar-refractivity contribution in [2.24, 2.45) is 0 Å². The summed E-state index contributed by atoms with van der Waals surface area (Å²) in [5.74, 6) is -2.48. The Hall–Kier alpha value is -3.60. The number of nitriles is 1. The molecule has 164 valence electrons. The number of nitrogens with zero attached hydrogens (tertiary/aromatic N) is 1. The third kappa shape index (κ3) is 5.72. The molecule has 1 atom stereocenters. The van der Waals surface area contributed by atoms with Crippen molar-refractivity contribution in [3.05, 3.63) is 57.9 Å². The smallest absolute Gasteiger partial charge is 0.336 e. The maximum absolute atomic E-state index is 13.1. The number of rotatable bonds is 5. The van der Waals surface area contributed by atoms with Gasteiger partial charge in [0.1, 0.15) is 12.1 Å². The molecule has 1 aliphatic heterocycles. The summed E-state index contributed by atoms with van der Waals surface area (Å²) in [6.07, 6.45) is 0. The normalized spacial score (nSPS) is 16.2.